The molecule has 2 heteroatoms. The summed E-state index contributed by atoms with van der Waals surface area (Å²) in [6.07, 6.45) is 2.23. The predicted octanol–water partition coefficient (Wildman–Crippen LogP) is 3.01. The van der Waals surface area contributed by atoms with Gasteiger partial charge in [0.1, 0.15) is 5.82 Å². The quantitative estimate of drug-likeness (QED) is 0.744. The molecule has 0 spiro atoms. The van der Waals surface area contributed by atoms with Crippen LogP contribution in [0.5, 0.6) is 0 Å². The minimum absolute atomic E-state index is 0.397. The van der Waals surface area contributed by atoms with E-state index in [4.69, 9.17) is 0 Å². The molecule has 13 heavy (non-hydrogen) atoms. The molecule has 74 valence electrons. The van der Waals surface area contributed by atoms with Gasteiger partial charge in [0, 0.05) is 12.1 Å². The van der Waals surface area contributed by atoms with Crippen LogP contribution in [0.15, 0.2) is 0 Å². The minimum Gasteiger partial charge on any atom is -0.346 e. The van der Waals surface area contributed by atoms with Crippen LogP contribution in [0.1, 0.15) is 44.4 Å². The summed E-state index contributed by atoms with van der Waals surface area (Å²) in [5, 5.41) is 0. The molecule has 0 aromatic carbocycles. The van der Waals surface area contributed by atoms with Crippen LogP contribution in [0.4, 0.5) is 0 Å². The van der Waals surface area contributed by atoms with E-state index in [9.17, 15) is 0 Å². The Hall–Kier alpha value is -0.790. The maximum Gasteiger partial charge on any atom is 0.106 e. The van der Waals surface area contributed by atoms with E-state index in [1.165, 1.54) is 12.1 Å². The van der Waals surface area contributed by atoms with Crippen molar-refractivity contribution in [2.45, 2.75) is 47.5 Å². The average Bonchev–Trinajstić information content (AvgIpc) is 2.27. The van der Waals surface area contributed by atoms with Crippen LogP contribution in [0.3, 0.4) is 0 Å². The van der Waals surface area contributed by atoms with Gasteiger partial charge < -0.3 is 4.98 Å². The van der Waals surface area contributed by atoms with Crippen LogP contribution < -0.4 is 0 Å². The number of aromatic nitrogens is 2. The highest BCUT2D eigenvalue weighted by Crippen LogP contribution is 2.20. The summed E-state index contributed by atoms with van der Waals surface area (Å²) in [7, 11) is 0. The van der Waals surface area contributed by atoms with E-state index in [1.54, 1.807) is 0 Å². The van der Waals surface area contributed by atoms with Crippen LogP contribution in [0.25, 0.3) is 0 Å². The third-order valence-electron chi connectivity index (χ3n) is 2.29. The molecule has 0 fully saturated rings. The summed E-state index contributed by atoms with van der Waals surface area (Å²) in [4.78, 5) is 7.76. The molecule has 1 heterocycles. The second-order valence-corrected chi connectivity index (χ2v) is 4.95. The molecular formula is C11H20N2. The largest absolute Gasteiger partial charge is 0.346 e. The van der Waals surface area contributed by atoms with Gasteiger partial charge in [-0.2, -0.15) is 0 Å². The van der Waals surface area contributed by atoms with Crippen molar-refractivity contribution in [3.63, 3.8) is 0 Å². The van der Waals surface area contributed by atoms with Gasteiger partial charge in [0.15, 0.2) is 0 Å². The Morgan fingerprint density at radius 1 is 1.23 bits per heavy atom. The molecule has 0 aliphatic heterocycles. The second-order valence-electron chi connectivity index (χ2n) is 4.95. The molecular weight excluding hydrogens is 160 g/mol. The normalized spacial score (nSPS) is 12.1. The van der Waals surface area contributed by atoms with Gasteiger partial charge in [0.25, 0.3) is 0 Å². The Kier molecular flexibility index (Phi) is 2.79. The predicted molar refractivity (Wildman–Crippen MR) is 55.8 cm³/mol. The van der Waals surface area contributed by atoms with Gasteiger partial charge in [-0.05, 0) is 25.7 Å². The number of rotatable bonds is 2. The Morgan fingerprint density at radius 3 is 2.23 bits per heavy atom. The number of hydrogen-bond acceptors (Lipinski definition) is 1. The Bertz CT molecular complexity index is 259. The zero-order valence-electron chi connectivity index (χ0n) is 9.36. The average molecular weight is 180 g/mol. The Labute approximate surface area is 80.8 Å². The van der Waals surface area contributed by atoms with Crippen molar-refractivity contribution in [2.75, 3.05) is 0 Å². The number of hydrogen-bond donors (Lipinski definition) is 1. The zero-order valence-corrected chi connectivity index (χ0v) is 9.36. The lowest BCUT2D eigenvalue weighted by molar-refractivity contribution is 0.375. The topological polar surface area (TPSA) is 28.7 Å². The molecule has 2 nitrogen and oxygen atoms in total. The molecule has 0 saturated heterocycles. The number of nitrogens with one attached hydrogen (secondary N) is 1. The van der Waals surface area contributed by atoms with Crippen molar-refractivity contribution >= 4 is 0 Å². The molecule has 1 aromatic rings. The van der Waals surface area contributed by atoms with Crippen molar-refractivity contribution in [1.82, 2.24) is 9.97 Å². The summed E-state index contributed by atoms with van der Waals surface area (Å²) in [5.41, 5.74) is 2.72. The van der Waals surface area contributed by atoms with Gasteiger partial charge in [-0.3, -0.25) is 0 Å². The first-order chi connectivity index (χ1) is 5.88. The Morgan fingerprint density at radius 2 is 1.85 bits per heavy atom. The first-order valence-corrected chi connectivity index (χ1v) is 4.90. The number of aromatic amines is 1. The summed E-state index contributed by atoms with van der Waals surface area (Å²) >= 11 is 0. The summed E-state index contributed by atoms with van der Waals surface area (Å²) in [6, 6.07) is 0. The fourth-order valence-corrected chi connectivity index (χ4v) is 1.23. The number of aryl methyl sites for hydroxylation is 3. The molecule has 0 bridgehead atoms. The van der Waals surface area contributed by atoms with Crippen molar-refractivity contribution in [1.29, 1.82) is 0 Å². The van der Waals surface area contributed by atoms with Gasteiger partial charge in [0.05, 0.1) is 5.69 Å². The van der Waals surface area contributed by atoms with Crippen LogP contribution in [-0.2, 0) is 6.42 Å². The lowest BCUT2D eigenvalue weighted by Gasteiger charge is -2.16. The molecule has 1 N–H and O–H groups in total. The monoisotopic (exact) mass is 180 g/mol. The smallest absolute Gasteiger partial charge is 0.106 e. The summed E-state index contributed by atoms with van der Waals surface area (Å²) in [5.74, 6) is 1.13. The van der Waals surface area contributed by atoms with Crippen molar-refractivity contribution in [3.05, 3.63) is 17.2 Å². The highest BCUT2D eigenvalue weighted by molar-refractivity contribution is 5.10. The lowest BCUT2D eigenvalue weighted by atomic mass is 9.90. The Balaban J connectivity index is 2.56. The zero-order chi connectivity index (χ0) is 10.1. The molecule has 0 atom stereocenters. The van der Waals surface area contributed by atoms with E-state index in [2.05, 4.69) is 37.7 Å². The first kappa shape index (κ1) is 10.3. The highest BCUT2D eigenvalue weighted by Gasteiger charge is 2.11. The van der Waals surface area contributed by atoms with Gasteiger partial charge >= 0.3 is 0 Å². The van der Waals surface area contributed by atoms with E-state index in [1.807, 2.05) is 6.92 Å². The molecule has 1 aromatic heterocycles. The van der Waals surface area contributed by atoms with Crippen molar-refractivity contribution in [2.24, 2.45) is 5.41 Å². The highest BCUT2D eigenvalue weighted by atomic mass is 14.9. The number of nitrogens with zero attached hydrogens (tertiary/aromatic N) is 1. The standard InChI is InChI=1S/C11H20N2/c1-8-9(2)13-10(12-8)6-7-11(3,4)5/h6-7H2,1-5H3,(H,12,13). The van der Waals surface area contributed by atoms with Gasteiger partial charge in [-0.25, -0.2) is 4.98 Å². The van der Waals surface area contributed by atoms with E-state index in [0.717, 1.165) is 17.9 Å². The fourth-order valence-electron chi connectivity index (χ4n) is 1.23. The molecule has 0 aliphatic carbocycles. The molecule has 0 aliphatic rings. The third-order valence-corrected chi connectivity index (χ3v) is 2.29. The maximum absolute atomic E-state index is 4.46. The van der Waals surface area contributed by atoms with Gasteiger partial charge in [-0.1, -0.05) is 20.8 Å². The lowest BCUT2D eigenvalue weighted by Crippen LogP contribution is -2.07. The van der Waals surface area contributed by atoms with E-state index in [0.29, 0.717) is 5.41 Å². The molecule has 1 rings (SSSR count). The maximum atomic E-state index is 4.46. The van der Waals surface area contributed by atoms with Crippen LogP contribution in [0.2, 0.25) is 0 Å². The van der Waals surface area contributed by atoms with Crippen LogP contribution >= 0.6 is 0 Å². The molecule has 0 amide bonds. The third kappa shape index (κ3) is 3.21. The van der Waals surface area contributed by atoms with Crippen LogP contribution in [0, 0.1) is 19.3 Å². The first-order valence-electron chi connectivity index (χ1n) is 4.90. The fraction of sp³-hybridized carbons (Fsp3) is 0.727. The number of H-pyrrole nitrogens is 1. The van der Waals surface area contributed by atoms with Gasteiger partial charge in [0.2, 0.25) is 0 Å². The molecule has 0 saturated carbocycles. The summed E-state index contributed by atoms with van der Waals surface area (Å²) < 4.78 is 0. The molecule has 0 radical (unpaired) electrons. The number of imidazole rings is 1. The van der Waals surface area contributed by atoms with Crippen molar-refractivity contribution < 1.29 is 0 Å². The SMILES string of the molecule is Cc1nc(CCC(C)(C)C)[nH]c1C. The van der Waals surface area contributed by atoms with Crippen LogP contribution in [-0.4, -0.2) is 9.97 Å². The summed E-state index contributed by atoms with van der Waals surface area (Å²) in [6.45, 7) is 10.9. The van der Waals surface area contributed by atoms with E-state index >= 15 is 0 Å². The molecule has 0 unspecified atom stereocenters. The van der Waals surface area contributed by atoms with E-state index in [-0.39, 0.29) is 0 Å². The van der Waals surface area contributed by atoms with Crippen molar-refractivity contribution in [3.8, 4) is 0 Å². The van der Waals surface area contributed by atoms with E-state index < -0.39 is 0 Å². The minimum atomic E-state index is 0.397. The second kappa shape index (κ2) is 3.52. The van der Waals surface area contributed by atoms with Gasteiger partial charge in [-0.15, -0.1) is 0 Å².